The molecular weight excluding hydrogens is 413 g/mol. The maximum Gasteiger partial charge on any atom is 0.420 e. The summed E-state index contributed by atoms with van der Waals surface area (Å²) in [6.07, 6.45) is 6.74. The molecule has 0 bridgehead atoms. The minimum absolute atomic E-state index is 0.144. The summed E-state index contributed by atoms with van der Waals surface area (Å²) in [6, 6.07) is 0. The molecule has 182 valence electrons. The van der Waals surface area contributed by atoms with Gasteiger partial charge in [-0.05, 0) is 105 Å². The van der Waals surface area contributed by atoms with E-state index in [1.165, 1.54) is 18.4 Å². The molecule has 0 aliphatic heterocycles. The molecule has 0 aromatic heterocycles. The zero-order chi connectivity index (χ0) is 23.5. The highest BCUT2D eigenvalue weighted by molar-refractivity contribution is 5.25. The van der Waals surface area contributed by atoms with Crippen molar-refractivity contribution < 1.29 is 23.4 Å². The number of hydrogen-bond acceptors (Lipinski definition) is 2. The van der Waals surface area contributed by atoms with Crippen molar-refractivity contribution in [1.82, 2.24) is 0 Å². The van der Waals surface area contributed by atoms with E-state index in [0.717, 1.165) is 38.5 Å². The molecule has 1 unspecified atom stereocenters. The van der Waals surface area contributed by atoms with Gasteiger partial charge in [0.05, 0.1) is 6.10 Å². The Morgan fingerprint density at radius 1 is 1.16 bits per heavy atom. The minimum Gasteiger partial charge on any atom is -0.393 e. The molecule has 3 fully saturated rings. The van der Waals surface area contributed by atoms with Gasteiger partial charge in [0.2, 0.25) is 0 Å². The van der Waals surface area contributed by atoms with Crippen molar-refractivity contribution in [3.63, 3.8) is 0 Å². The van der Waals surface area contributed by atoms with E-state index in [0.29, 0.717) is 36.2 Å². The van der Waals surface area contributed by atoms with Crippen LogP contribution in [-0.4, -0.2) is 28.1 Å². The number of aliphatic hydroxyl groups is 2. The van der Waals surface area contributed by atoms with E-state index in [2.05, 4.69) is 33.4 Å². The Morgan fingerprint density at radius 3 is 2.53 bits per heavy atom. The highest BCUT2D eigenvalue weighted by Gasteiger charge is 2.59. The number of halogens is 3. The Balaban J connectivity index is 1.49. The van der Waals surface area contributed by atoms with Gasteiger partial charge in [-0.1, -0.05) is 45.1 Å². The summed E-state index contributed by atoms with van der Waals surface area (Å²) in [5, 5.41) is 20.3. The maximum absolute atomic E-state index is 13.3. The number of fused-ring (bicyclic) bond motifs is 5. The molecule has 0 aromatic carbocycles. The number of rotatable bonds is 5. The monoisotopic (exact) mass is 454 g/mol. The molecule has 4 aliphatic rings. The molecule has 0 amide bonds. The van der Waals surface area contributed by atoms with Gasteiger partial charge < -0.3 is 10.2 Å². The molecule has 2 nitrogen and oxygen atoms in total. The molecular formula is C27H41F3O2. The molecule has 9 atom stereocenters. The second-order valence-corrected chi connectivity index (χ2v) is 12.0. The van der Waals surface area contributed by atoms with Gasteiger partial charge in [0.25, 0.3) is 0 Å². The zero-order valence-corrected chi connectivity index (χ0v) is 19.9. The fourth-order valence-electron chi connectivity index (χ4n) is 8.63. The van der Waals surface area contributed by atoms with Crippen molar-refractivity contribution in [2.75, 3.05) is 0 Å². The van der Waals surface area contributed by atoms with Crippen molar-refractivity contribution in [2.24, 2.45) is 40.4 Å². The van der Waals surface area contributed by atoms with Crippen LogP contribution < -0.4 is 0 Å². The minimum atomic E-state index is -4.68. The summed E-state index contributed by atoms with van der Waals surface area (Å²) in [4.78, 5) is 0. The molecule has 32 heavy (non-hydrogen) atoms. The third-order valence-electron chi connectivity index (χ3n) is 10.6. The van der Waals surface area contributed by atoms with E-state index in [1.807, 2.05) is 0 Å². The van der Waals surface area contributed by atoms with Gasteiger partial charge in [-0.2, -0.15) is 13.2 Å². The molecule has 5 heteroatoms. The van der Waals surface area contributed by atoms with Crippen LogP contribution in [0.25, 0.3) is 0 Å². The van der Waals surface area contributed by atoms with Gasteiger partial charge >= 0.3 is 6.18 Å². The van der Waals surface area contributed by atoms with Crippen LogP contribution in [-0.2, 0) is 0 Å². The second-order valence-electron chi connectivity index (χ2n) is 12.0. The summed E-state index contributed by atoms with van der Waals surface area (Å²) in [5.41, 5.74) is -0.941. The summed E-state index contributed by atoms with van der Waals surface area (Å²) >= 11 is 0. The largest absolute Gasteiger partial charge is 0.420 e. The SMILES string of the molecule is C=CC(O)(CC[C@@H](C)[C@H]1CC[C@H]2[C@@H]3CC=C4C[C@@H](O)CC[C@]4(C)[C@H]3CC[C@]12C)C(F)(F)F. The highest BCUT2D eigenvalue weighted by Crippen LogP contribution is 2.67. The standard InChI is InChI=1S/C27H41F3O2/c1-5-26(32,27(28,29)30)15-10-17(2)21-8-9-22-20-7-6-18-16-19(31)11-13-24(18,3)23(20)12-14-25(21,22)4/h5-6,17,19-23,31-32H,1,7-16H2,2-4H3/t17-,19+,20+,21-,22+,23+,24+,25-,26?/m1/s1. The molecule has 4 aliphatic carbocycles. The first-order valence-electron chi connectivity index (χ1n) is 12.7. The van der Waals surface area contributed by atoms with Crippen LogP contribution in [0.4, 0.5) is 13.2 Å². The van der Waals surface area contributed by atoms with Crippen LogP contribution in [0.2, 0.25) is 0 Å². The molecule has 3 saturated carbocycles. The third-order valence-corrected chi connectivity index (χ3v) is 10.6. The lowest BCUT2D eigenvalue weighted by atomic mass is 9.47. The summed E-state index contributed by atoms with van der Waals surface area (Å²) < 4.78 is 39.9. The van der Waals surface area contributed by atoms with Crippen LogP contribution in [0.1, 0.15) is 85.0 Å². The van der Waals surface area contributed by atoms with Crippen molar-refractivity contribution in [3.8, 4) is 0 Å². The van der Waals surface area contributed by atoms with E-state index >= 15 is 0 Å². The van der Waals surface area contributed by atoms with E-state index < -0.39 is 11.8 Å². The average molecular weight is 455 g/mol. The first kappa shape index (κ1) is 24.3. The lowest BCUT2D eigenvalue weighted by molar-refractivity contribution is -0.243. The maximum atomic E-state index is 13.3. The second kappa shape index (κ2) is 8.15. The topological polar surface area (TPSA) is 40.5 Å². The van der Waals surface area contributed by atoms with Gasteiger partial charge in [-0.3, -0.25) is 0 Å². The fraction of sp³-hybridized carbons (Fsp3) is 0.852. The van der Waals surface area contributed by atoms with Crippen LogP contribution in [0.3, 0.4) is 0 Å². The lowest BCUT2D eigenvalue weighted by Gasteiger charge is -2.58. The quantitative estimate of drug-likeness (QED) is 0.447. The first-order chi connectivity index (χ1) is 14.9. The van der Waals surface area contributed by atoms with E-state index in [4.69, 9.17) is 0 Å². The molecule has 0 heterocycles. The molecule has 2 N–H and O–H groups in total. The first-order valence-corrected chi connectivity index (χ1v) is 12.7. The van der Waals surface area contributed by atoms with Crippen LogP contribution in [0.15, 0.2) is 24.3 Å². The van der Waals surface area contributed by atoms with Crippen LogP contribution in [0, 0.1) is 40.4 Å². The van der Waals surface area contributed by atoms with E-state index in [9.17, 15) is 23.4 Å². The highest BCUT2D eigenvalue weighted by atomic mass is 19.4. The Labute approximate surface area is 191 Å². The normalized spacial score (nSPS) is 44.5. The summed E-state index contributed by atoms with van der Waals surface area (Å²) in [7, 11) is 0. The molecule has 0 spiro atoms. The predicted octanol–water partition coefficient (Wildman–Crippen LogP) is 6.82. The number of alkyl halides is 3. The van der Waals surface area contributed by atoms with Gasteiger partial charge in [-0.25, -0.2) is 0 Å². The molecule has 0 saturated heterocycles. The Kier molecular flexibility index (Phi) is 6.19. The van der Waals surface area contributed by atoms with E-state index in [1.54, 1.807) is 0 Å². The Bertz CT molecular complexity index is 760. The van der Waals surface area contributed by atoms with Gasteiger partial charge in [0, 0.05) is 0 Å². The molecule has 0 radical (unpaired) electrons. The number of allylic oxidation sites excluding steroid dienone is 1. The Morgan fingerprint density at radius 2 is 1.88 bits per heavy atom. The third kappa shape index (κ3) is 3.70. The zero-order valence-electron chi connectivity index (χ0n) is 19.9. The van der Waals surface area contributed by atoms with E-state index in [-0.39, 0.29) is 29.3 Å². The van der Waals surface area contributed by atoms with Gasteiger partial charge in [-0.15, -0.1) is 0 Å². The van der Waals surface area contributed by atoms with Crippen molar-refractivity contribution >= 4 is 0 Å². The van der Waals surface area contributed by atoms with Crippen LogP contribution in [0.5, 0.6) is 0 Å². The number of hydrogen-bond donors (Lipinski definition) is 2. The lowest BCUT2D eigenvalue weighted by Crippen LogP contribution is -2.51. The molecule has 0 aromatic rings. The van der Waals surface area contributed by atoms with Crippen molar-refractivity contribution in [1.29, 1.82) is 0 Å². The van der Waals surface area contributed by atoms with Crippen LogP contribution >= 0.6 is 0 Å². The number of aliphatic hydroxyl groups excluding tert-OH is 1. The van der Waals surface area contributed by atoms with Crippen molar-refractivity contribution in [3.05, 3.63) is 24.3 Å². The van der Waals surface area contributed by atoms with Gasteiger partial charge in [0.1, 0.15) is 0 Å². The Hall–Kier alpha value is -0.810. The average Bonchev–Trinajstić information content (AvgIpc) is 3.08. The summed E-state index contributed by atoms with van der Waals surface area (Å²) in [5.74, 6) is 2.48. The molecule has 4 rings (SSSR count). The van der Waals surface area contributed by atoms with Crippen molar-refractivity contribution in [2.45, 2.75) is 103 Å². The van der Waals surface area contributed by atoms with Gasteiger partial charge in [0.15, 0.2) is 5.60 Å². The predicted molar refractivity (Wildman–Crippen MR) is 121 cm³/mol. The summed E-state index contributed by atoms with van der Waals surface area (Å²) in [6.45, 7) is 10.2. The fourth-order valence-corrected chi connectivity index (χ4v) is 8.63. The smallest absolute Gasteiger partial charge is 0.393 e.